The lowest BCUT2D eigenvalue weighted by atomic mass is 10.0. The smallest absolute Gasteiger partial charge is 0.180 e. The Morgan fingerprint density at radius 2 is 0.589 bits per heavy atom. The quantitative estimate of drug-likeness (QED) is 0.170. The summed E-state index contributed by atoms with van der Waals surface area (Å²) >= 11 is 0. The molecule has 0 saturated carbocycles. The van der Waals surface area contributed by atoms with Crippen LogP contribution in [-0.4, -0.2) is 19.9 Å². The Balaban J connectivity index is 1.02. The van der Waals surface area contributed by atoms with Gasteiger partial charge in [0.05, 0.1) is 0 Å². The molecule has 0 amide bonds. The van der Waals surface area contributed by atoms with Crippen molar-refractivity contribution < 1.29 is 8.83 Å². The lowest BCUT2D eigenvalue weighted by Gasteiger charge is -2.09. The molecule has 0 aliphatic rings. The van der Waals surface area contributed by atoms with E-state index in [0.717, 1.165) is 88.9 Å². The van der Waals surface area contributed by atoms with Gasteiger partial charge in [0.1, 0.15) is 33.6 Å². The molecule has 6 heteroatoms. The number of fused-ring (bicyclic) bond motifs is 6. The van der Waals surface area contributed by atoms with Gasteiger partial charge in [-0.15, -0.1) is 0 Å². The fraction of sp³-hybridized carbons (Fsp3) is 0. The number of benzene rings is 7. The minimum absolute atomic E-state index is 0.605. The molecule has 0 N–H and O–H groups in total. The minimum atomic E-state index is 0.605. The van der Waals surface area contributed by atoms with Gasteiger partial charge in [0.25, 0.3) is 0 Å². The third-order valence-electron chi connectivity index (χ3n) is 10.4. The van der Waals surface area contributed by atoms with E-state index >= 15 is 0 Å². The predicted octanol–water partition coefficient (Wildman–Crippen LogP) is 13.1. The molecular formula is C50H30N4O2. The first kappa shape index (κ1) is 31.8. The summed E-state index contributed by atoms with van der Waals surface area (Å²) in [5, 5.41) is 1.89. The molecule has 0 fully saturated rings. The second kappa shape index (κ2) is 13.0. The Morgan fingerprint density at radius 3 is 1.00 bits per heavy atom. The van der Waals surface area contributed by atoms with Crippen molar-refractivity contribution in [1.29, 1.82) is 0 Å². The van der Waals surface area contributed by atoms with Crippen LogP contribution in [-0.2, 0) is 0 Å². The Labute approximate surface area is 321 Å². The molecule has 0 radical (unpaired) electrons. The first-order chi connectivity index (χ1) is 27.7. The Morgan fingerprint density at radius 1 is 0.268 bits per heavy atom. The van der Waals surface area contributed by atoms with E-state index in [1.807, 2.05) is 72.8 Å². The van der Waals surface area contributed by atoms with Gasteiger partial charge in [0.15, 0.2) is 22.8 Å². The van der Waals surface area contributed by atoms with E-state index in [-0.39, 0.29) is 0 Å². The van der Waals surface area contributed by atoms with E-state index in [9.17, 15) is 0 Å². The van der Waals surface area contributed by atoms with Crippen molar-refractivity contribution in [2.45, 2.75) is 0 Å². The van der Waals surface area contributed by atoms with Crippen LogP contribution in [0.2, 0.25) is 0 Å². The third kappa shape index (κ3) is 5.43. The zero-order chi connectivity index (χ0) is 37.0. The first-order valence-electron chi connectivity index (χ1n) is 18.5. The number of para-hydroxylation sites is 2. The van der Waals surface area contributed by atoms with Gasteiger partial charge in [-0.05, 0) is 46.5 Å². The van der Waals surface area contributed by atoms with Gasteiger partial charge in [-0.2, -0.15) is 0 Å². The number of nitrogens with zero attached hydrogens (tertiary/aromatic N) is 4. The summed E-state index contributed by atoms with van der Waals surface area (Å²) in [6.07, 6.45) is 0. The molecular weight excluding hydrogens is 689 g/mol. The molecule has 0 aliphatic carbocycles. The molecule has 262 valence electrons. The molecule has 4 heterocycles. The number of furan rings is 2. The van der Waals surface area contributed by atoms with Crippen LogP contribution in [0.25, 0.3) is 112 Å². The number of aromatic nitrogens is 4. The normalized spacial score (nSPS) is 11.6. The molecule has 11 aromatic rings. The second-order valence-corrected chi connectivity index (χ2v) is 13.8. The van der Waals surface area contributed by atoms with Gasteiger partial charge in [0, 0.05) is 33.0 Å². The van der Waals surface area contributed by atoms with Crippen LogP contribution in [0.3, 0.4) is 0 Å². The van der Waals surface area contributed by atoms with Crippen molar-refractivity contribution >= 4 is 44.1 Å². The maximum absolute atomic E-state index is 6.44. The van der Waals surface area contributed by atoms with E-state index in [0.29, 0.717) is 22.8 Å². The van der Waals surface area contributed by atoms with Gasteiger partial charge in [-0.1, -0.05) is 158 Å². The summed E-state index contributed by atoms with van der Waals surface area (Å²) in [6.45, 7) is 0. The Bertz CT molecular complexity index is 3210. The number of hydrogen-bond acceptors (Lipinski definition) is 6. The maximum Gasteiger partial charge on any atom is 0.180 e. The average Bonchev–Trinajstić information content (AvgIpc) is 3.85. The fourth-order valence-corrected chi connectivity index (χ4v) is 7.50. The topological polar surface area (TPSA) is 77.8 Å². The highest BCUT2D eigenvalue weighted by molar-refractivity contribution is 6.08. The van der Waals surface area contributed by atoms with Gasteiger partial charge in [-0.3, -0.25) is 0 Å². The molecule has 11 rings (SSSR count). The van der Waals surface area contributed by atoms with E-state index in [1.165, 1.54) is 0 Å². The SMILES string of the molecule is c1ccc(-c2ccc(-c3nc(-c4ccc(-c5nc(-c6ccc(-c7ccccc7)cc6)c6oc7ccccc7c6n5)cc4)c4oc5ccccc5c4n3)cc2)cc1. The number of rotatable bonds is 6. The predicted molar refractivity (Wildman–Crippen MR) is 225 cm³/mol. The Hall–Kier alpha value is -7.70. The third-order valence-corrected chi connectivity index (χ3v) is 10.4. The van der Waals surface area contributed by atoms with Crippen LogP contribution >= 0.6 is 0 Å². The van der Waals surface area contributed by atoms with Gasteiger partial charge < -0.3 is 8.83 Å². The minimum Gasteiger partial charge on any atom is -0.452 e. The monoisotopic (exact) mass is 718 g/mol. The van der Waals surface area contributed by atoms with E-state index in [1.54, 1.807) is 0 Å². The molecule has 4 aromatic heterocycles. The molecule has 7 aromatic carbocycles. The zero-order valence-corrected chi connectivity index (χ0v) is 29.9. The zero-order valence-electron chi connectivity index (χ0n) is 29.9. The van der Waals surface area contributed by atoms with Crippen molar-refractivity contribution in [2.24, 2.45) is 0 Å². The summed E-state index contributed by atoms with van der Waals surface area (Å²) in [5.74, 6) is 1.24. The molecule has 0 saturated heterocycles. The van der Waals surface area contributed by atoms with Crippen molar-refractivity contribution in [3.05, 3.63) is 182 Å². The molecule has 6 nitrogen and oxygen atoms in total. The molecule has 0 aliphatic heterocycles. The van der Waals surface area contributed by atoms with Crippen molar-refractivity contribution in [3.8, 4) is 67.5 Å². The van der Waals surface area contributed by atoms with Crippen LogP contribution in [0.4, 0.5) is 0 Å². The van der Waals surface area contributed by atoms with Crippen LogP contribution in [0, 0.1) is 0 Å². The van der Waals surface area contributed by atoms with Gasteiger partial charge in [-0.25, -0.2) is 19.9 Å². The maximum atomic E-state index is 6.44. The highest BCUT2D eigenvalue weighted by Gasteiger charge is 2.21. The van der Waals surface area contributed by atoms with Crippen LogP contribution in [0.15, 0.2) is 191 Å². The van der Waals surface area contributed by atoms with Crippen molar-refractivity contribution in [3.63, 3.8) is 0 Å². The summed E-state index contributed by atoms with van der Waals surface area (Å²) in [5.41, 5.74) is 14.1. The van der Waals surface area contributed by atoms with Crippen molar-refractivity contribution in [1.82, 2.24) is 19.9 Å². The van der Waals surface area contributed by atoms with E-state index in [2.05, 4.69) is 109 Å². The molecule has 56 heavy (non-hydrogen) atoms. The van der Waals surface area contributed by atoms with Crippen LogP contribution in [0.1, 0.15) is 0 Å². The summed E-state index contributed by atoms with van der Waals surface area (Å²) in [6, 6.07) is 61.8. The summed E-state index contributed by atoms with van der Waals surface area (Å²) < 4.78 is 12.9. The van der Waals surface area contributed by atoms with E-state index in [4.69, 9.17) is 28.8 Å². The summed E-state index contributed by atoms with van der Waals surface area (Å²) in [7, 11) is 0. The van der Waals surface area contributed by atoms with Gasteiger partial charge in [0.2, 0.25) is 0 Å². The lowest BCUT2D eigenvalue weighted by Crippen LogP contribution is -1.95. The largest absolute Gasteiger partial charge is 0.452 e. The molecule has 0 atom stereocenters. The van der Waals surface area contributed by atoms with Gasteiger partial charge >= 0.3 is 0 Å². The first-order valence-corrected chi connectivity index (χ1v) is 18.5. The second-order valence-electron chi connectivity index (χ2n) is 13.8. The highest BCUT2D eigenvalue weighted by atomic mass is 16.3. The number of hydrogen-bond donors (Lipinski definition) is 0. The fourth-order valence-electron chi connectivity index (χ4n) is 7.50. The van der Waals surface area contributed by atoms with Crippen LogP contribution in [0.5, 0.6) is 0 Å². The Kier molecular flexibility index (Phi) is 7.38. The highest BCUT2D eigenvalue weighted by Crippen LogP contribution is 2.39. The van der Waals surface area contributed by atoms with E-state index < -0.39 is 0 Å². The molecule has 0 unspecified atom stereocenters. The standard InChI is InChI=1S/C50H30N4O2/c1-3-11-31(12-4-1)33-19-23-35(24-20-33)43-47-45(39-15-7-9-17-41(39)55-47)54-50(51-43)38-29-25-36(26-30-38)44-48-46(40-16-8-10-18-42(40)56-48)53-49(52-44)37-27-21-34(22-28-37)32-13-5-2-6-14-32/h1-30H. The molecule has 0 bridgehead atoms. The average molecular weight is 719 g/mol. The molecule has 0 spiro atoms. The summed E-state index contributed by atoms with van der Waals surface area (Å²) in [4.78, 5) is 20.5. The van der Waals surface area contributed by atoms with Crippen molar-refractivity contribution in [2.75, 3.05) is 0 Å². The van der Waals surface area contributed by atoms with Crippen LogP contribution < -0.4 is 0 Å². The lowest BCUT2D eigenvalue weighted by molar-refractivity contribution is 0.667.